The highest BCUT2D eigenvalue weighted by Crippen LogP contribution is 2.20. The third-order valence-corrected chi connectivity index (χ3v) is 4.34. The lowest BCUT2D eigenvalue weighted by Gasteiger charge is -2.10. The fourth-order valence-corrected chi connectivity index (χ4v) is 2.68. The van der Waals surface area contributed by atoms with Gasteiger partial charge < -0.3 is 4.98 Å². The van der Waals surface area contributed by atoms with Crippen molar-refractivity contribution in [2.24, 2.45) is 0 Å². The summed E-state index contributed by atoms with van der Waals surface area (Å²) in [7, 11) is 0. The van der Waals surface area contributed by atoms with E-state index in [1.54, 1.807) is 26.0 Å². The van der Waals surface area contributed by atoms with Crippen LogP contribution in [0.15, 0.2) is 40.5 Å². The Morgan fingerprint density at radius 2 is 1.96 bits per heavy atom. The molecule has 0 aliphatic rings. The molecule has 0 aliphatic carbocycles. The van der Waals surface area contributed by atoms with Crippen LogP contribution in [0.3, 0.4) is 0 Å². The highest BCUT2D eigenvalue weighted by molar-refractivity contribution is 6.10. The van der Waals surface area contributed by atoms with Crippen LogP contribution in [0.2, 0.25) is 0 Å². The summed E-state index contributed by atoms with van der Waals surface area (Å²) in [6, 6.07) is 4.79. The molecule has 1 aromatic heterocycles. The number of nitrogens with one attached hydrogen (secondary N) is 1. The number of aromatic nitrogens is 2. The Morgan fingerprint density at radius 1 is 1.24 bits per heavy atom. The second-order valence-corrected chi connectivity index (χ2v) is 6.40. The van der Waals surface area contributed by atoms with Gasteiger partial charge in [-0.3, -0.25) is 9.59 Å². The largest absolute Gasteiger partial charge is 0.340 e. The minimum absolute atomic E-state index is 0.0831. The van der Waals surface area contributed by atoms with E-state index in [-0.39, 0.29) is 11.6 Å². The Bertz CT molecular complexity index is 871. The number of allylic oxidation sites excluding steroid dienone is 4. The molecule has 0 saturated heterocycles. The topological polar surface area (TPSA) is 62.8 Å². The zero-order chi connectivity index (χ0) is 18.6. The van der Waals surface area contributed by atoms with Gasteiger partial charge in [0.05, 0.1) is 5.52 Å². The number of carbonyl (C=O) groups excluding carboxylic acids is 2. The van der Waals surface area contributed by atoms with Gasteiger partial charge in [0.1, 0.15) is 23.4 Å². The van der Waals surface area contributed by atoms with E-state index in [1.165, 1.54) is 6.07 Å². The maximum atomic E-state index is 13.7. The second-order valence-electron chi connectivity index (χ2n) is 6.40. The summed E-state index contributed by atoms with van der Waals surface area (Å²) in [4.78, 5) is 30.8. The second kappa shape index (κ2) is 8.01. The molecule has 0 amide bonds. The Morgan fingerprint density at radius 3 is 2.56 bits per heavy atom. The highest BCUT2D eigenvalue weighted by atomic mass is 19.1. The molecule has 2 rings (SSSR count). The van der Waals surface area contributed by atoms with E-state index in [1.807, 2.05) is 13.8 Å². The van der Waals surface area contributed by atoms with Gasteiger partial charge in [-0.15, -0.1) is 0 Å². The van der Waals surface area contributed by atoms with E-state index in [4.69, 9.17) is 0 Å². The molecule has 2 aromatic rings. The predicted molar refractivity (Wildman–Crippen MR) is 96.8 cm³/mol. The number of hydrogen-bond donors (Lipinski definition) is 1. The quantitative estimate of drug-likeness (QED) is 0.596. The summed E-state index contributed by atoms with van der Waals surface area (Å²) in [6.45, 7) is 7.11. The van der Waals surface area contributed by atoms with Crippen molar-refractivity contribution in [1.29, 1.82) is 0 Å². The number of H-pyrrole nitrogens is 1. The van der Waals surface area contributed by atoms with Gasteiger partial charge in [0, 0.05) is 12.0 Å². The van der Waals surface area contributed by atoms with Crippen LogP contribution in [0.25, 0.3) is 11.0 Å². The van der Waals surface area contributed by atoms with Crippen molar-refractivity contribution in [3.05, 3.63) is 52.1 Å². The molecule has 1 aromatic carbocycles. The van der Waals surface area contributed by atoms with Crippen LogP contribution < -0.4 is 0 Å². The first-order chi connectivity index (χ1) is 11.8. The molecule has 1 heterocycles. The Balaban J connectivity index is 2.09. The van der Waals surface area contributed by atoms with E-state index in [0.717, 1.165) is 11.1 Å². The van der Waals surface area contributed by atoms with Crippen LogP contribution in [0, 0.1) is 5.82 Å². The Hall–Kier alpha value is -2.56. The van der Waals surface area contributed by atoms with Crippen LogP contribution in [-0.2, 0) is 16.0 Å². The third kappa shape index (κ3) is 4.29. The number of fused-ring (bicyclic) bond motifs is 1. The van der Waals surface area contributed by atoms with Gasteiger partial charge in [-0.05, 0) is 63.8 Å². The van der Waals surface area contributed by atoms with E-state index in [2.05, 4.69) is 9.97 Å². The molecule has 0 atom stereocenters. The molecule has 4 nitrogen and oxygen atoms in total. The van der Waals surface area contributed by atoms with Gasteiger partial charge >= 0.3 is 0 Å². The zero-order valence-corrected chi connectivity index (χ0v) is 15.1. The standard InChI is InChI=1S/C20H23FN2O2/c1-12(2)15(20(25)14(4)13(3)11-24)7-5-10-18-22-17-9-6-8-16(21)19(17)23-18/h6,8-9,11H,5,7,10H2,1-4H3,(H,22,23)/b14-13-. The maximum absolute atomic E-state index is 13.7. The highest BCUT2D eigenvalue weighted by Gasteiger charge is 2.15. The van der Waals surface area contributed by atoms with Crippen molar-refractivity contribution in [3.8, 4) is 0 Å². The number of aldehydes is 1. The van der Waals surface area contributed by atoms with Gasteiger partial charge in [0.25, 0.3) is 0 Å². The normalized spacial score (nSPS) is 12.0. The molecule has 0 saturated carbocycles. The first-order valence-electron chi connectivity index (χ1n) is 8.32. The van der Waals surface area contributed by atoms with Crippen LogP contribution in [0.1, 0.15) is 46.4 Å². The smallest absolute Gasteiger partial charge is 0.185 e. The average molecular weight is 342 g/mol. The summed E-state index contributed by atoms with van der Waals surface area (Å²) in [5, 5.41) is 0. The number of hydrogen-bond acceptors (Lipinski definition) is 3. The molecular weight excluding hydrogens is 319 g/mol. The third-order valence-electron chi connectivity index (χ3n) is 4.34. The van der Waals surface area contributed by atoms with E-state index in [9.17, 15) is 14.0 Å². The number of imidazole rings is 1. The summed E-state index contributed by atoms with van der Waals surface area (Å²) >= 11 is 0. The number of ketones is 1. The van der Waals surface area contributed by atoms with Crippen molar-refractivity contribution in [2.75, 3.05) is 0 Å². The van der Waals surface area contributed by atoms with Gasteiger partial charge in [-0.25, -0.2) is 9.37 Å². The molecular formula is C20H23FN2O2. The van der Waals surface area contributed by atoms with E-state index in [0.29, 0.717) is 53.6 Å². The summed E-state index contributed by atoms with van der Waals surface area (Å²) in [5.74, 6) is 0.304. The number of nitrogens with zero attached hydrogens (tertiary/aromatic N) is 1. The first kappa shape index (κ1) is 18.8. The number of Topliss-reactive ketones (excluding diaryl/α,β-unsaturated/α-hetero) is 1. The number of benzene rings is 1. The minimum Gasteiger partial charge on any atom is -0.340 e. The van der Waals surface area contributed by atoms with Crippen LogP contribution in [-0.4, -0.2) is 22.0 Å². The monoisotopic (exact) mass is 342 g/mol. The van der Waals surface area contributed by atoms with Crippen molar-refractivity contribution < 1.29 is 14.0 Å². The van der Waals surface area contributed by atoms with Crippen LogP contribution in [0.4, 0.5) is 4.39 Å². The van der Waals surface area contributed by atoms with Crippen molar-refractivity contribution in [2.45, 2.75) is 47.0 Å². The summed E-state index contributed by atoms with van der Waals surface area (Å²) in [5.41, 5.74) is 3.62. The van der Waals surface area contributed by atoms with Crippen molar-refractivity contribution in [1.82, 2.24) is 9.97 Å². The summed E-state index contributed by atoms with van der Waals surface area (Å²) in [6.07, 6.45) is 2.62. The zero-order valence-electron chi connectivity index (χ0n) is 15.1. The Kier molecular flexibility index (Phi) is 6.02. The number of aromatic amines is 1. The number of halogens is 1. The lowest BCUT2D eigenvalue weighted by Crippen LogP contribution is -2.09. The van der Waals surface area contributed by atoms with Crippen LogP contribution in [0.5, 0.6) is 0 Å². The molecule has 0 bridgehead atoms. The predicted octanol–water partition coefficient (Wildman–Crippen LogP) is 4.47. The fourth-order valence-electron chi connectivity index (χ4n) is 2.68. The molecule has 0 unspecified atom stereocenters. The number of rotatable bonds is 7. The van der Waals surface area contributed by atoms with Gasteiger partial charge in [0.15, 0.2) is 5.78 Å². The van der Waals surface area contributed by atoms with Crippen molar-refractivity contribution >= 4 is 23.1 Å². The molecule has 25 heavy (non-hydrogen) atoms. The van der Waals surface area contributed by atoms with Gasteiger partial charge in [0.2, 0.25) is 0 Å². The van der Waals surface area contributed by atoms with Crippen molar-refractivity contribution in [3.63, 3.8) is 0 Å². The molecule has 0 radical (unpaired) electrons. The van der Waals surface area contributed by atoms with Gasteiger partial charge in [-0.2, -0.15) is 0 Å². The number of carbonyl (C=O) groups is 2. The summed E-state index contributed by atoms with van der Waals surface area (Å²) < 4.78 is 13.7. The number of aryl methyl sites for hydroxylation is 1. The fraction of sp³-hybridized carbons (Fsp3) is 0.350. The van der Waals surface area contributed by atoms with E-state index >= 15 is 0 Å². The molecule has 132 valence electrons. The maximum Gasteiger partial charge on any atom is 0.185 e. The van der Waals surface area contributed by atoms with Crippen LogP contribution >= 0.6 is 0 Å². The molecule has 0 aliphatic heterocycles. The molecule has 1 N–H and O–H groups in total. The SMILES string of the molecule is CC(C)=C(CCCc1nc2cccc(F)c2[nH]1)C(=O)/C(C)=C(/C)C=O. The van der Waals surface area contributed by atoms with Gasteiger partial charge in [-0.1, -0.05) is 11.6 Å². The molecule has 5 heteroatoms. The average Bonchev–Trinajstić information content (AvgIpc) is 3.00. The molecule has 0 fully saturated rings. The lowest BCUT2D eigenvalue weighted by atomic mass is 9.94. The minimum atomic E-state index is -0.318. The Labute approximate surface area is 146 Å². The van der Waals surface area contributed by atoms with E-state index < -0.39 is 0 Å². The first-order valence-corrected chi connectivity index (χ1v) is 8.32. The number of para-hydroxylation sites is 1. The lowest BCUT2D eigenvalue weighted by molar-refractivity contribution is -0.113. The molecule has 0 spiro atoms.